The van der Waals surface area contributed by atoms with E-state index in [1.807, 2.05) is 31.2 Å². The molecule has 0 aliphatic rings. The zero-order valence-corrected chi connectivity index (χ0v) is 15.9. The lowest BCUT2D eigenvalue weighted by atomic mass is 10.1. The van der Waals surface area contributed by atoms with Crippen molar-refractivity contribution in [3.05, 3.63) is 83.6 Å². The molecule has 2 amide bonds. The van der Waals surface area contributed by atoms with Crippen LogP contribution >= 0.6 is 0 Å². The Kier molecular flexibility index (Phi) is 5.11. The van der Waals surface area contributed by atoms with Gasteiger partial charge in [-0.25, -0.2) is 4.98 Å². The minimum atomic E-state index is -0.361. The summed E-state index contributed by atoms with van der Waals surface area (Å²) in [5.74, 6) is 0.460. The van der Waals surface area contributed by atoms with Crippen LogP contribution in [0, 0.1) is 6.92 Å². The number of benzene rings is 2. The molecule has 7 heteroatoms. The first-order chi connectivity index (χ1) is 14.1. The molecule has 2 aromatic carbocycles. The highest BCUT2D eigenvalue weighted by atomic mass is 16.3. The van der Waals surface area contributed by atoms with Gasteiger partial charge in [-0.15, -0.1) is 0 Å². The second-order valence-corrected chi connectivity index (χ2v) is 6.67. The highest BCUT2D eigenvalue weighted by Crippen LogP contribution is 2.18. The van der Waals surface area contributed by atoms with Gasteiger partial charge in [-0.05, 0) is 48.9 Å². The number of amides is 2. The zero-order valence-electron chi connectivity index (χ0n) is 15.9. The van der Waals surface area contributed by atoms with Crippen molar-refractivity contribution in [1.82, 2.24) is 15.3 Å². The fraction of sp³-hybridized carbons (Fsp3) is 0.136. The van der Waals surface area contributed by atoms with Crippen molar-refractivity contribution < 1.29 is 14.0 Å². The maximum Gasteiger partial charge on any atom is 0.291 e. The summed E-state index contributed by atoms with van der Waals surface area (Å²) in [5, 5.41) is 5.67. The van der Waals surface area contributed by atoms with Gasteiger partial charge in [-0.3, -0.25) is 9.59 Å². The Morgan fingerprint density at radius 2 is 1.93 bits per heavy atom. The number of fused-ring (bicyclic) bond motifs is 1. The van der Waals surface area contributed by atoms with E-state index in [0.717, 1.165) is 22.4 Å². The van der Waals surface area contributed by atoms with Crippen molar-refractivity contribution in [2.24, 2.45) is 0 Å². The van der Waals surface area contributed by atoms with Crippen molar-refractivity contribution in [2.45, 2.75) is 13.3 Å². The van der Waals surface area contributed by atoms with E-state index in [-0.39, 0.29) is 17.6 Å². The number of imidazole rings is 1. The Bertz CT molecular complexity index is 1130. The lowest BCUT2D eigenvalue weighted by Gasteiger charge is -2.10. The fourth-order valence-corrected chi connectivity index (χ4v) is 3.01. The van der Waals surface area contributed by atoms with Gasteiger partial charge in [-0.1, -0.05) is 18.2 Å². The molecule has 0 spiro atoms. The van der Waals surface area contributed by atoms with Crippen LogP contribution in [0.4, 0.5) is 5.69 Å². The number of hydrogen-bond donors (Lipinski definition) is 3. The number of para-hydroxylation sites is 2. The van der Waals surface area contributed by atoms with Gasteiger partial charge in [0.05, 0.1) is 17.3 Å². The molecule has 0 aliphatic carbocycles. The van der Waals surface area contributed by atoms with Gasteiger partial charge in [0.25, 0.3) is 11.8 Å². The minimum absolute atomic E-state index is 0.213. The molecule has 0 radical (unpaired) electrons. The van der Waals surface area contributed by atoms with Crippen molar-refractivity contribution in [3.8, 4) is 0 Å². The SMILES string of the molecule is Cc1ccc(C(=O)NCCc2nc3ccccc3[nH]2)cc1NC(=O)c1ccco1. The predicted octanol–water partition coefficient (Wildman–Crippen LogP) is 3.69. The Hall–Kier alpha value is -3.87. The number of carbonyl (C=O) groups is 2. The molecule has 0 fully saturated rings. The zero-order chi connectivity index (χ0) is 20.2. The highest BCUT2D eigenvalue weighted by Gasteiger charge is 2.13. The monoisotopic (exact) mass is 388 g/mol. The third-order valence-electron chi connectivity index (χ3n) is 4.58. The molecule has 0 saturated heterocycles. The van der Waals surface area contributed by atoms with Crippen molar-refractivity contribution in [1.29, 1.82) is 0 Å². The van der Waals surface area contributed by atoms with Gasteiger partial charge < -0.3 is 20.0 Å². The second kappa shape index (κ2) is 8.02. The summed E-state index contributed by atoms with van der Waals surface area (Å²) >= 11 is 0. The molecule has 0 unspecified atom stereocenters. The summed E-state index contributed by atoms with van der Waals surface area (Å²) in [6.45, 7) is 2.31. The Morgan fingerprint density at radius 3 is 2.72 bits per heavy atom. The summed E-state index contributed by atoms with van der Waals surface area (Å²) in [4.78, 5) is 32.5. The number of anilines is 1. The van der Waals surface area contributed by atoms with Gasteiger partial charge >= 0.3 is 0 Å². The average molecular weight is 388 g/mol. The first-order valence-electron chi connectivity index (χ1n) is 9.27. The number of aromatic amines is 1. The minimum Gasteiger partial charge on any atom is -0.459 e. The molecule has 0 atom stereocenters. The van der Waals surface area contributed by atoms with Crippen LogP contribution in [-0.2, 0) is 6.42 Å². The number of nitrogens with one attached hydrogen (secondary N) is 3. The van der Waals surface area contributed by atoms with E-state index >= 15 is 0 Å². The number of aromatic nitrogens is 2. The van der Waals surface area contributed by atoms with E-state index in [2.05, 4.69) is 20.6 Å². The predicted molar refractivity (Wildman–Crippen MR) is 110 cm³/mol. The second-order valence-electron chi connectivity index (χ2n) is 6.67. The molecule has 2 aromatic heterocycles. The van der Waals surface area contributed by atoms with E-state index < -0.39 is 0 Å². The Balaban J connectivity index is 1.38. The number of rotatable bonds is 6. The lowest BCUT2D eigenvalue weighted by Crippen LogP contribution is -2.26. The molecule has 0 aliphatic heterocycles. The number of H-pyrrole nitrogens is 1. The Labute approximate surface area is 167 Å². The topological polar surface area (TPSA) is 100 Å². The average Bonchev–Trinajstić information content (AvgIpc) is 3.39. The maximum atomic E-state index is 12.5. The van der Waals surface area contributed by atoms with Crippen LogP contribution in [-0.4, -0.2) is 28.3 Å². The first kappa shape index (κ1) is 18.5. The van der Waals surface area contributed by atoms with Gasteiger partial charge in [0.2, 0.25) is 0 Å². The number of nitrogens with zero attached hydrogens (tertiary/aromatic N) is 1. The van der Waals surface area contributed by atoms with Crippen LogP contribution in [0.2, 0.25) is 0 Å². The smallest absolute Gasteiger partial charge is 0.291 e. The third kappa shape index (κ3) is 4.19. The molecule has 2 heterocycles. The third-order valence-corrected chi connectivity index (χ3v) is 4.58. The number of hydrogen-bond acceptors (Lipinski definition) is 4. The van der Waals surface area contributed by atoms with E-state index in [0.29, 0.717) is 24.2 Å². The van der Waals surface area contributed by atoms with Gasteiger partial charge in [0.15, 0.2) is 5.76 Å². The van der Waals surface area contributed by atoms with Crippen LogP contribution in [0.1, 0.15) is 32.3 Å². The number of furan rings is 1. The van der Waals surface area contributed by atoms with Crippen molar-refractivity contribution in [3.63, 3.8) is 0 Å². The largest absolute Gasteiger partial charge is 0.459 e. The van der Waals surface area contributed by atoms with Crippen molar-refractivity contribution >= 4 is 28.5 Å². The Morgan fingerprint density at radius 1 is 1.07 bits per heavy atom. The van der Waals surface area contributed by atoms with Gasteiger partial charge in [0.1, 0.15) is 5.82 Å². The standard InChI is InChI=1S/C22H20N4O3/c1-14-8-9-15(13-18(14)26-22(28)19-7-4-12-29-19)21(27)23-11-10-20-24-16-5-2-3-6-17(16)25-20/h2-9,12-13H,10-11H2,1H3,(H,23,27)(H,24,25)(H,26,28). The fourth-order valence-electron chi connectivity index (χ4n) is 3.01. The van der Waals surface area contributed by atoms with E-state index in [1.165, 1.54) is 6.26 Å². The van der Waals surface area contributed by atoms with E-state index in [4.69, 9.17) is 4.42 Å². The maximum absolute atomic E-state index is 12.5. The van der Waals surface area contributed by atoms with Crippen molar-refractivity contribution in [2.75, 3.05) is 11.9 Å². The molecule has 146 valence electrons. The summed E-state index contributed by atoms with van der Waals surface area (Å²) < 4.78 is 5.10. The molecule has 7 nitrogen and oxygen atoms in total. The number of aryl methyl sites for hydroxylation is 1. The summed E-state index contributed by atoms with van der Waals surface area (Å²) in [6.07, 6.45) is 2.03. The first-order valence-corrected chi connectivity index (χ1v) is 9.27. The molecule has 0 saturated carbocycles. The van der Waals surface area contributed by atoms with Gasteiger partial charge in [-0.2, -0.15) is 0 Å². The molecule has 0 bridgehead atoms. The molecular weight excluding hydrogens is 368 g/mol. The van der Waals surface area contributed by atoms with Crippen LogP contribution in [0.25, 0.3) is 11.0 Å². The van der Waals surface area contributed by atoms with E-state index in [1.54, 1.807) is 30.3 Å². The normalized spacial score (nSPS) is 10.8. The van der Waals surface area contributed by atoms with Crippen LogP contribution in [0.3, 0.4) is 0 Å². The quantitative estimate of drug-likeness (QED) is 0.469. The van der Waals surface area contributed by atoms with E-state index in [9.17, 15) is 9.59 Å². The van der Waals surface area contributed by atoms with Crippen LogP contribution < -0.4 is 10.6 Å². The van der Waals surface area contributed by atoms with Gasteiger partial charge in [0, 0.05) is 24.2 Å². The summed E-state index contributed by atoms with van der Waals surface area (Å²) in [5.41, 5.74) is 3.77. The number of carbonyl (C=O) groups excluding carboxylic acids is 2. The molecule has 29 heavy (non-hydrogen) atoms. The highest BCUT2D eigenvalue weighted by molar-refractivity contribution is 6.03. The molecule has 4 rings (SSSR count). The summed E-state index contributed by atoms with van der Waals surface area (Å²) in [7, 11) is 0. The lowest BCUT2D eigenvalue weighted by molar-refractivity contribution is 0.0952. The molecule has 3 N–H and O–H groups in total. The van der Waals surface area contributed by atoms with Crippen LogP contribution in [0.5, 0.6) is 0 Å². The molecular formula is C22H20N4O3. The molecule has 4 aromatic rings. The summed E-state index contributed by atoms with van der Waals surface area (Å²) in [6, 6.07) is 16.2. The van der Waals surface area contributed by atoms with Crippen LogP contribution in [0.15, 0.2) is 65.3 Å².